The first-order valence-corrected chi connectivity index (χ1v) is 6.27. The van der Waals surface area contributed by atoms with Crippen LogP contribution in [0.4, 0.5) is 0 Å². The first-order chi connectivity index (χ1) is 8.77. The Morgan fingerprint density at radius 3 is 3.11 bits per heavy atom. The Morgan fingerprint density at radius 2 is 2.50 bits per heavy atom. The molecule has 0 aliphatic carbocycles. The van der Waals surface area contributed by atoms with Crippen LogP contribution in [0.3, 0.4) is 0 Å². The summed E-state index contributed by atoms with van der Waals surface area (Å²) in [6.45, 7) is 8.12. The van der Waals surface area contributed by atoms with Crippen LogP contribution in [-0.2, 0) is 6.54 Å². The number of hydrogen-bond acceptors (Lipinski definition) is 3. The van der Waals surface area contributed by atoms with E-state index in [1.807, 2.05) is 19.2 Å². The zero-order chi connectivity index (χ0) is 13.2. The number of aliphatic imine (C=N–C) groups is 1. The highest BCUT2D eigenvalue weighted by Crippen LogP contribution is 1.99. The van der Waals surface area contributed by atoms with Crippen molar-refractivity contribution in [2.45, 2.75) is 26.3 Å². The van der Waals surface area contributed by atoms with Gasteiger partial charge in [-0.3, -0.25) is 0 Å². The lowest BCUT2D eigenvalue weighted by Crippen LogP contribution is -2.39. The Balaban J connectivity index is 2.51. The number of aromatic nitrogens is 1. The third kappa shape index (κ3) is 5.03. The van der Waals surface area contributed by atoms with Gasteiger partial charge in [0.05, 0.1) is 6.54 Å². The molecule has 0 aliphatic rings. The van der Waals surface area contributed by atoms with E-state index in [9.17, 15) is 0 Å². The summed E-state index contributed by atoms with van der Waals surface area (Å²) in [5.41, 5.74) is 0.838. The summed E-state index contributed by atoms with van der Waals surface area (Å²) in [7, 11) is 2.04. The maximum Gasteiger partial charge on any atom is 0.194 e. The first-order valence-electron chi connectivity index (χ1n) is 6.27. The van der Waals surface area contributed by atoms with Crippen molar-refractivity contribution >= 4 is 5.96 Å². The summed E-state index contributed by atoms with van der Waals surface area (Å²) in [6.07, 6.45) is 5.60. The number of rotatable bonds is 7. The topological polar surface area (TPSA) is 53.7 Å². The van der Waals surface area contributed by atoms with Gasteiger partial charge < -0.3 is 14.7 Å². The predicted octanol–water partition coefficient (Wildman–Crippen LogP) is 2.04. The molecule has 100 valence electrons. The van der Waals surface area contributed by atoms with Crippen molar-refractivity contribution in [2.75, 3.05) is 20.1 Å². The van der Waals surface area contributed by atoms with E-state index in [0.29, 0.717) is 6.54 Å². The molecule has 1 aromatic rings. The fourth-order valence-electron chi connectivity index (χ4n) is 1.52. The van der Waals surface area contributed by atoms with Gasteiger partial charge in [0.15, 0.2) is 5.96 Å². The average Bonchev–Trinajstić information content (AvgIpc) is 2.87. The molecule has 1 heterocycles. The van der Waals surface area contributed by atoms with Gasteiger partial charge in [0.25, 0.3) is 0 Å². The molecule has 0 saturated heterocycles. The standard InChI is InChI=1S/C13H22N4O/c1-4-6-7-9-17(3)13(14-5-2)15-11-12-8-10-18-16-12/h4,8,10H,1,5-7,9,11H2,2-3H3,(H,14,15). The van der Waals surface area contributed by atoms with Gasteiger partial charge in [-0.2, -0.15) is 0 Å². The highest BCUT2D eigenvalue weighted by atomic mass is 16.5. The maximum atomic E-state index is 4.78. The molecule has 5 nitrogen and oxygen atoms in total. The van der Waals surface area contributed by atoms with E-state index >= 15 is 0 Å². The molecule has 5 heteroatoms. The molecule has 18 heavy (non-hydrogen) atoms. The van der Waals surface area contributed by atoms with E-state index in [0.717, 1.165) is 37.6 Å². The van der Waals surface area contributed by atoms with Crippen molar-refractivity contribution in [3.8, 4) is 0 Å². The minimum absolute atomic E-state index is 0.532. The minimum Gasteiger partial charge on any atom is -0.364 e. The van der Waals surface area contributed by atoms with Crippen LogP contribution in [0.25, 0.3) is 0 Å². The third-order valence-corrected chi connectivity index (χ3v) is 2.48. The molecule has 0 radical (unpaired) electrons. The van der Waals surface area contributed by atoms with Crippen molar-refractivity contribution in [3.05, 3.63) is 30.7 Å². The highest BCUT2D eigenvalue weighted by molar-refractivity contribution is 5.79. The molecule has 0 bridgehead atoms. The van der Waals surface area contributed by atoms with E-state index in [2.05, 4.69) is 33.9 Å². The summed E-state index contributed by atoms with van der Waals surface area (Å²) in [6, 6.07) is 1.82. The zero-order valence-electron chi connectivity index (χ0n) is 11.2. The molecule has 0 saturated carbocycles. The lowest BCUT2D eigenvalue weighted by molar-refractivity contribution is 0.411. The summed E-state index contributed by atoms with van der Waals surface area (Å²) >= 11 is 0. The Kier molecular flexibility index (Phi) is 6.61. The Bertz CT molecular complexity index is 359. The number of guanidine groups is 1. The van der Waals surface area contributed by atoms with Gasteiger partial charge in [-0.1, -0.05) is 11.2 Å². The van der Waals surface area contributed by atoms with E-state index in [4.69, 9.17) is 4.52 Å². The van der Waals surface area contributed by atoms with Gasteiger partial charge in [0.2, 0.25) is 0 Å². The quantitative estimate of drug-likeness (QED) is 0.348. The second kappa shape index (κ2) is 8.33. The number of nitrogens with zero attached hydrogens (tertiary/aromatic N) is 3. The fourth-order valence-corrected chi connectivity index (χ4v) is 1.52. The molecule has 0 spiro atoms. The van der Waals surface area contributed by atoms with Crippen LogP contribution in [0.2, 0.25) is 0 Å². The molecular formula is C13H22N4O. The van der Waals surface area contributed by atoms with Crippen molar-refractivity contribution in [1.29, 1.82) is 0 Å². The largest absolute Gasteiger partial charge is 0.364 e. The van der Waals surface area contributed by atoms with Crippen LogP contribution in [0.5, 0.6) is 0 Å². The average molecular weight is 250 g/mol. The van der Waals surface area contributed by atoms with Crippen molar-refractivity contribution in [3.63, 3.8) is 0 Å². The summed E-state index contributed by atoms with van der Waals surface area (Å²) in [5, 5.41) is 7.10. The van der Waals surface area contributed by atoms with Crippen LogP contribution in [0.15, 0.2) is 34.5 Å². The zero-order valence-corrected chi connectivity index (χ0v) is 11.2. The second-order valence-electron chi connectivity index (χ2n) is 4.01. The van der Waals surface area contributed by atoms with Crippen molar-refractivity contribution in [2.24, 2.45) is 4.99 Å². The van der Waals surface area contributed by atoms with Crippen LogP contribution in [0, 0.1) is 0 Å². The first kappa shape index (κ1) is 14.3. The lowest BCUT2D eigenvalue weighted by Gasteiger charge is -2.21. The molecule has 1 aromatic heterocycles. The van der Waals surface area contributed by atoms with E-state index in [1.165, 1.54) is 0 Å². The normalized spacial score (nSPS) is 11.3. The smallest absolute Gasteiger partial charge is 0.194 e. The number of unbranched alkanes of at least 4 members (excludes halogenated alkanes) is 1. The monoisotopic (exact) mass is 250 g/mol. The number of nitrogens with one attached hydrogen (secondary N) is 1. The van der Waals surface area contributed by atoms with Crippen molar-refractivity contribution in [1.82, 2.24) is 15.4 Å². The summed E-state index contributed by atoms with van der Waals surface area (Å²) < 4.78 is 4.78. The number of hydrogen-bond donors (Lipinski definition) is 1. The molecular weight excluding hydrogens is 228 g/mol. The van der Waals surface area contributed by atoms with E-state index < -0.39 is 0 Å². The Hall–Kier alpha value is -1.78. The molecule has 0 unspecified atom stereocenters. The molecule has 0 aromatic carbocycles. The number of allylic oxidation sites excluding steroid dienone is 1. The van der Waals surface area contributed by atoms with Crippen molar-refractivity contribution < 1.29 is 4.52 Å². The van der Waals surface area contributed by atoms with Gasteiger partial charge in [-0.25, -0.2) is 4.99 Å². The van der Waals surface area contributed by atoms with Crippen LogP contribution in [0.1, 0.15) is 25.5 Å². The van der Waals surface area contributed by atoms with E-state index in [-0.39, 0.29) is 0 Å². The third-order valence-electron chi connectivity index (χ3n) is 2.48. The molecule has 0 fully saturated rings. The second-order valence-corrected chi connectivity index (χ2v) is 4.01. The van der Waals surface area contributed by atoms with Gasteiger partial charge >= 0.3 is 0 Å². The Morgan fingerprint density at radius 1 is 1.67 bits per heavy atom. The lowest BCUT2D eigenvalue weighted by atomic mass is 10.3. The molecule has 1 rings (SSSR count). The molecule has 1 N–H and O–H groups in total. The van der Waals surface area contributed by atoms with Gasteiger partial charge in [0.1, 0.15) is 12.0 Å². The molecule has 0 aliphatic heterocycles. The summed E-state index contributed by atoms with van der Waals surface area (Å²) in [4.78, 5) is 6.64. The highest BCUT2D eigenvalue weighted by Gasteiger charge is 2.05. The Labute approximate surface area is 109 Å². The predicted molar refractivity (Wildman–Crippen MR) is 73.4 cm³/mol. The molecule has 0 atom stereocenters. The SMILES string of the molecule is C=CCCCN(C)C(=NCc1ccon1)NCC. The maximum absolute atomic E-state index is 4.78. The minimum atomic E-state index is 0.532. The summed E-state index contributed by atoms with van der Waals surface area (Å²) in [5.74, 6) is 0.893. The van der Waals surface area contributed by atoms with Crippen LogP contribution in [-0.4, -0.2) is 36.2 Å². The van der Waals surface area contributed by atoms with Gasteiger partial charge in [0, 0.05) is 26.2 Å². The van der Waals surface area contributed by atoms with Gasteiger partial charge in [-0.15, -0.1) is 6.58 Å². The van der Waals surface area contributed by atoms with E-state index in [1.54, 1.807) is 6.26 Å². The molecule has 0 amide bonds. The van der Waals surface area contributed by atoms with Crippen LogP contribution < -0.4 is 5.32 Å². The van der Waals surface area contributed by atoms with Gasteiger partial charge in [-0.05, 0) is 19.8 Å². The fraction of sp³-hybridized carbons (Fsp3) is 0.538. The van der Waals surface area contributed by atoms with Crippen LogP contribution >= 0.6 is 0 Å².